The van der Waals surface area contributed by atoms with Crippen LogP contribution in [0.25, 0.3) is 0 Å². The average Bonchev–Trinajstić information content (AvgIpc) is 2.13. The molecule has 0 unspecified atom stereocenters. The molecule has 0 atom stereocenters. The van der Waals surface area contributed by atoms with Crippen LogP contribution >= 0.6 is 15.9 Å². The zero-order chi connectivity index (χ0) is 10.0. The van der Waals surface area contributed by atoms with Gasteiger partial charge >= 0.3 is 5.97 Å². The van der Waals surface area contributed by atoms with E-state index < -0.39 is 5.97 Å². The molecule has 0 amide bonds. The van der Waals surface area contributed by atoms with Crippen molar-refractivity contribution in [1.82, 2.24) is 4.98 Å². The van der Waals surface area contributed by atoms with Gasteiger partial charge in [0.15, 0.2) is 0 Å². The molecule has 1 aromatic heterocycles. The molecule has 13 heavy (non-hydrogen) atoms. The SMILES string of the molecule is COC(=O)c1cnc(N)c(C)c1Br. The highest BCUT2D eigenvalue weighted by Gasteiger charge is 2.13. The summed E-state index contributed by atoms with van der Waals surface area (Å²) in [6.45, 7) is 1.78. The number of hydrogen-bond donors (Lipinski definition) is 1. The number of pyridine rings is 1. The van der Waals surface area contributed by atoms with Gasteiger partial charge in [-0.2, -0.15) is 0 Å². The lowest BCUT2D eigenvalue weighted by Gasteiger charge is -2.06. The van der Waals surface area contributed by atoms with Gasteiger partial charge in [0, 0.05) is 16.2 Å². The van der Waals surface area contributed by atoms with Crippen molar-refractivity contribution in [2.45, 2.75) is 6.92 Å². The Morgan fingerprint density at radius 3 is 2.85 bits per heavy atom. The van der Waals surface area contributed by atoms with Crippen LogP contribution in [0.3, 0.4) is 0 Å². The van der Waals surface area contributed by atoms with Crippen molar-refractivity contribution in [3.05, 3.63) is 21.8 Å². The van der Waals surface area contributed by atoms with Crippen LogP contribution < -0.4 is 5.73 Å². The number of carbonyl (C=O) groups is 1. The summed E-state index contributed by atoms with van der Waals surface area (Å²) in [7, 11) is 1.32. The molecule has 0 bridgehead atoms. The fraction of sp³-hybridized carbons (Fsp3) is 0.250. The van der Waals surface area contributed by atoms with Crippen molar-refractivity contribution < 1.29 is 9.53 Å². The standard InChI is InChI=1S/C8H9BrN2O2/c1-4-6(9)5(8(12)13-2)3-11-7(4)10/h3H,1-2H3,(H2,10,11). The summed E-state index contributed by atoms with van der Waals surface area (Å²) in [5.41, 5.74) is 6.66. The number of anilines is 1. The van der Waals surface area contributed by atoms with E-state index in [0.29, 0.717) is 15.9 Å². The van der Waals surface area contributed by atoms with Crippen molar-refractivity contribution in [3.8, 4) is 0 Å². The van der Waals surface area contributed by atoms with Crippen LogP contribution in [0, 0.1) is 6.92 Å². The molecule has 0 radical (unpaired) electrons. The van der Waals surface area contributed by atoms with E-state index in [1.807, 2.05) is 0 Å². The Labute approximate surface area is 84.2 Å². The van der Waals surface area contributed by atoms with Crippen molar-refractivity contribution in [3.63, 3.8) is 0 Å². The van der Waals surface area contributed by atoms with E-state index in [9.17, 15) is 4.79 Å². The third kappa shape index (κ3) is 1.80. The van der Waals surface area contributed by atoms with Crippen LogP contribution in [0.2, 0.25) is 0 Å². The van der Waals surface area contributed by atoms with Crippen LogP contribution in [-0.2, 0) is 4.74 Å². The summed E-state index contributed by atoms with van der Waals surface area (Å²) < 4.78 is 5.19. The highest BCUT2D eigenvalue weighted by Crippen LogP contribution is 2.24. The van der Waals surface area contributed by atoms with E-state index in [2.05, 4.69) is 25.7 Å². The molecule has 0 spiro atoms. The molecule has 0 aliphatic rings. The Balaban J connectivity index is 3.26. The van der Waals surface area contributed by atoms with E-state index in [4.69, 9.17) is 5.73 Å². The number of nitrogens with two attached hydrogens (primary N) is 1. The minimum absolute atomic E-state index is 0.384. The second kappa shape index (κ2) is 3.74. The number of nitrogen functional groups attached to an aromatic ring is 1. The van der Waals surface area contributed by atoms with E-state index in [-0.39, 0.29) is 0 Å². The maximum absolute atomic E-state index is 11.2. The highest BCUT2D eigenvalue weighted by atomic mass is 79.9. The minimum atomic E-state index is -0.428. The number of methoxy groups -OCH3 is 1. The quantitative estimate of drug-likeness (QED) is 0.762. The number of aromatic nitrogens is 1. The van der Waals surface area contributed by atoms with Crippen LogP contribution in [0.4, 0.5) is 5.82 Å². The van der Waals surface area contributed by atoms with E-state index in [1.54, 1.807) is 6.92 Å². The van der Waals surface area contributed by atoms with Crippen LogP contribution in [-0.4, -0.2) is 18.1 Å². The summed E-state index contributed by atoms with van der Waals surface area (Å²) in [6.07, 6.45) is 1.39. The Hall–Kier alpha value is -1.10. The van der Waals surface area contributed by atoms with Crippen molar-refractivity contribution in [1.29, 1.82) is 0 Å². The molecule has 70 valence electrons. The third-order valence-electron chi connectivity index (χ3n) is 1.69. The maximum Gasteiger partial charge on any atom is 0.340 e. The zero-order valence-electron chi connectivity index (χ0n) is 7.30. The third-order valence-corrected chi connectivity index (χ3v) is 2.71. The van der Waals surface area contributed by atoms with E-state index in [1.165, 1.54) is 13.3 Å². The first-order valence-electron chi connectivity index (χ1n) is 3.56. The lowest BCUT2D eigenvalue weighted by atomic mass is 10.2. The number of nitrogens with zero attached hydrogens (tertiary/aromatic N) is 1. The zero-order valence-corrected chi connectivity index (χ0v) is 8.88. The lowest BCUT2D eigenvalue weighted by molar-refractivity contribution is 0.0599. The molecule has 0 aliphatic heterocycles. The molecule has 0 saturated carbocycles. The first-order chi connectivity index (χ1) is 6.07. The van der Waals surface area contributed by atoms with Gasteiger partial charge in [-0.05, 0) is 22.9 Å². The van der Waals surface area contributed by atoms with Crippen molar-refractivity contribution in [2.75, 3.05) is 12.8 Å². The molecule has 5 heteroatoms. The summed E-state index contributed by atoms with van der Waals surface area (Å²) in [5, 5.41) is 0. The van der Waals surface area contributed by atoms with Gasteiger partial charge < -0.3 is 10.5 Å². The second-order valence-electron chi connectivity index (χ2n) is 2.49. The first-order valence-corrected chi connectivity index (χ1v) is 4.36. The number of ether oxygens (including phenoxy) is 1. The fourth-order valence-corrected chi connectivity index (χ4v) is 1.32. The van der Waals surface area contributed by atoms with E-state index >= 15 is 0 Å². The van der Waals surface area contributed by atoms with Crippen LogP contribution in [0.15, 0.2) is 10.7 Å². The monoisotopic (exact) mass is 244 g/mol. The Morgan fingerprint density at radius 2 is 2.31 bits per heavy atom. The number of hydrogen-bond acceptors (Lipinski definition) is 4. The molecule has 4 nitrogen and oxygen atoms in total. The predicted octanol–water partition coefficient (Wildman–Crippen LogP) is 1.52. The Morgan fingerprint density at radius 1 is 1.69 bits per heavy atom. The Bertz CT molecular complexity index is 352. The van der Waals surface area contributed by atoms with Gasteiger partial charge in [-0.3, -0.25) is 0 Å². The molecule has 1 aromatic rings. The molecule has 0 aliphatic carbocycles. The van der Waals surface area contributed by atoms with E-state index in [0.717, 1.165) is 5.56 Å². The second-order valence-corrected chi connectivity index (χ2v) is 3.28. The molecule has 0 fully saturated rings. The molecular formula is C8H9BrN2O2. The van der Waals surface area contributed by atoms with Gasteiger partial charge in [-0.15, -0.1) is 0 Å². The molecular weight excluding hydrogens is 236 g/mol. The maximum atomic E-state index is 11.2. The topological polar surface area (TPSA) is 65.2 Å². The van der Waals surface area contributed by atoms with Crippen molar-refractivity contribution >= 4 is 27.7 Å². The summed E-state index contributed by atoms with van der Waals surface area (Å²) in [4.78, 5) is 15.0. The minimum Gasteiger partial charge on any atom is -0.465 e. The number of halogens is 1. The number of carbonyl (C=O) groups excluding carboxylic acids is 1. The first kappa shape index (κ1) is 9.98. The van der Waals surface area contributed by atoms with Gasteiger partial charge in [-0.25, -0.2) is 9.78 Å². The average molecular weight is 245 g/mol. The van der Waals surface area contributed by atoms with Crippen LogP contribution in [0.1, 0.15) is 15.9 Å². The largest absolute Gasteiger partial charge is 0.465 e. The molecule has 0 saturated heterocycles. The van der Waals surface area contributed by atoms with Gasteiger partial charge in [0.1, 0.15) is 5.82 Å². The van der Waals surface area contributed by atoms with Crippen LogP contribution in [0.5, 0.6) is 0 Å². The number of rotatable bonds is 1. The van der Waals surface area contributed by atoms with Crippen molar-refractivity contribution in [2.24, 2.45) is 0 Å². The lowest BCUT2D eigenvalue weighted by Crippen LogP contribution is -2.06. The number of esters is 1. The summed E-state index contributed by atoms with van der Waals surface area (Å²) in [5.74, 6) is -0.0259. The summed E-state index contributed by atoms with van der Waals surface area (Å²) >= 11 is 3.25. The molecule has 2 N–H and O–H groups in total. The molecule has 1 heterocycles. The Kier molecular flexibility index (Phi) is 2.87. The van der Waals surface area contributed by atoms with Gasteiger partial charge in [-0.1, -0.05) is 0 Å². The normalized spacial score (nSPS) is 9.77. The van der Waals surface area contributed by atoms with Gasteiger partial charge in [0.2, 0.25) is 0 Å². The highest BCUT2D eigenvalue weighted by molar-refractivity contribution is 9.10. The predicted molar refractivity (Wildman–Crippen MR) is 52.4 cm³/mol. The van der Waals surface area contributed by atoms with Gasteiger partial charge in [0.05, 0.1) is 12.7 Å². The fourth-order valence-electron chi connectivity index (χ4n) is 0.854. The summed E-state index contributed by atoms with van der Waals surface area (Å²) in [6, 6.07) is 0. The van der Waals surface area contributed by atoms with Gasteiger partial charge in [0.25, 0.3) is 0 Å². The molecule has 0 aromatic carbocycles. The smallest absolute Gasteiger partial charge is 0.340 e. The molecule has 1 rings (SSSR count).